The van der Waals surface area contributed by atoms with Crippen LogP contribution in [-0.4, -0.2) is 29.2 Å². The van der Waals surface area contributed by atoms with Crippen molar-refractivity contribution in [1.82, 2.24) is 15.0 Å². The van der Waals surface area contributed by atoms with E-state index in [2.05, 4.69) is 39.2 Å². The summed E-state index contributed by atoms with van der Waals surface area (Å²) in [7, 11) is 3.26. The van der Waals surface area contributed by atoms with Crippen LogP contribution in [0.1, 0.15) is 0 Å². The Kier molecular flexibility index (Phi) is 3.82. The molecule has 0 aliphatic rings. The number of benzene rings is 1. The van der Waals surface area contributed by atoms with Gasteiger partial charge in [-0.25, -0.2) is 4.98 Å². The van der Waals surface area contributed by atoms with Gasteiger partial charge in [0.15, 0.2) is 0 Å². The van der Waals surface area contributed by atoms with Crippen molar-refractivity contribution >= 4 is 10.9 Å². The minimum absolute atomic E-state index is 0.597. The van der Waals surface area contributed by atoms with Crippen LogP contribution in [0.25, 0.3) is 33.3 Å². The van der Waals surface area contributed by atoms with Crippen LogP contribution in [-0.2, 0) is 0 Å². The molecule has 0 saturated heterocycles. The van der Waals surface area contributed by atoms with Crippen molar-refractivity contribution in [3.05, 3.63) is 61.1 Å². The second kappa shape index (κ2) is 6.28. The van der Waals surface area contributed by atoms with Crippen LogP contribution in [0.15, 0.2) is 61.1 Å². The first-order valence-electron chi connectivity index (χ1n) is 7.89. The molecule has 0 unspecified atom stereocenters. The number of nitrogens with one attached hydrogen (secondary N) is 1. The van der Waals surface area contributed by atoms with Crippen LogP contribution < -0.4 is 9.47 Å². The van der Waals surface area contributed by atoms with Gasteiger partial charge in [0.1, 0.15) is 5.75 Å². The minimum atomic E-state index is 0.597. The standard InChI is InChI=1S/C20H17N3O2/c1-24-17-8-16(11-21-12-17)13-3-4-18-15(7-13)9-19(23-18)14-5-6-22-20(10-14)25-2/h3-12,23H,1-2H3. The van der Waals surface area contributed by atoms with Gasteiger partial charge in [0.25, 0.3) is 0 Å². The predicted octanol–water partition coefficient (Wildman–Crippen LogP) is 4.31. The van der Waals surface area contributed by atoms with E-state index >= 15 is 0 Å². The van der Waals surface area contributed by atoms with Gasteiger partial charge in [-0.05, 0) is 35.9 Å². The van der Waals surface area contributed by atoms with Crippen molar-refractivity contribution in [1.29, 1.82) is 0 Å². The summed E-state index contributed by atoms with van der Waals surface area (Å²) in [6, 6.07) is 14.3. The zero-order valence-corrected chi connectivity index (χ0v) is 14.0. The first-order chi connectivity index (χ1) is 12.3. The van der Waals surface area contributed by atoms with Crippen molar-refractivity contribution < 1.29 is 9.47 Å². The Morgan fingerprint density at radius 1 is 0.840 bits per heavy atom. The number of hydrogen-bond acceptors (Lipinski definition) is 4. The molecule has 0 atom stereocenters. The van der Waals surface area contributed by atoms with Crippen LogP contribution in [0.2, 0.25) is 0 Å². The molecule has 3 heterocycles. The van der Waals surface area contributed by atoms with Gasteiger partial charge in [0.05, 0.1) is 20.4 Å². The monoisotopic (exact) mass is 331 g/mol. The number of aromatic nitrogens is 3. The highest BCUT2D eigenvalue weighted by molar-refractivity contribution is 5.89. The Morgan fingerprint density at radius 3 is 2.60 bits per heavy atom. The Morgan fingerprint density at radius 2 is 1.76 bits per heavy atom. The molecular formula is C20H17N3O2. The summed E-state index contributed by atoms with van der Waals surface area (Å²) in [6.45, 7) is 0. The first kappa shape index (κ1) is 15.2. The highest BCUT2D eigenvalue weighted by Crippen LogP contribution is 2.30. The molecule has 0 amide bonds. The number of aromatic amines is 1. The number of fused-ring (bicyclic) bond motifs is 1. The Balaban J connectivity index is 1.76. The molecule has 0 radical (unpaired) electrons. The molecule has 5 heteroatoms. The maximum atomic E-state index is 5.26. The molecule has 5 nitrogen and oxygen atoms in total. The molecule has 0 bridgehead atoms. The van der Waals surface area contributed by atoms with Gasteiger partial charge in [-0.1, -0.05) is 6.07 Å². The zero-order chi connectivity index (χ0) is 17.2. The highest BCUT2D eigenvalue weighted by Gasteiger charge is 2.07. The van der Waals surface area contributed by atoms with Gasteiger partial charge in [-0.15, -0.1) is 0 Å². The van der Waals surface area contributed by atoms with Crippen molar-refractivity contribution in [3.8, 4) is 34.0 Å². The Hall–Kier alpha value is -3.34. The maximum Gasteiger partial charge on any atom is 0.213 e. The minimum Gasteiger partial charge on any atom is -0.495 e. The molecule has 25 heavy (non-hydrogen) atoms. The van der Waals surface area contributed by atoms with Crippen LogP contribution in [0.4, 0.5) is 0 Å². The molecule has 1 aromatic carbocycles. The quantitative estimate of drug-likeness (QED) is 0.605. The number of methoxy groups -OCH3 is 2. The number of rotatable bonds is 4. The van der Waals surface area contributed by atoms with Gasteiger partial charge < -0.3 is 14.5 Å². The SMILES string of the molecule is COc1cncc(-c2ccc3[nH]c(-c4ccnc(OC)c4)cc3c2)c1. The maximum absolute atomic E-state index is 5.26. The van der Waals surface area contributed by atoms with E-state index in [0.717, 1.165) is 39.0 Å². The topological polar surface area (TPSA) is 60.0 Å². The fourth-order valence-electron chi connectivity index (χ4n) is 2.84. The lowest BCUT2D eigenvalue weighted by Gasteiger charge is -2.04. The first-order valence-corrected chi connectivity index (χ1v) is 7.89. The molecule has 1 N–H and O–H groups in total. The third-order valence-corrected chi connectivity index (χ3v) is 4.16. The van der Waals surface area contributed by atoms with Gasteiger partial charge in [0.2, 0.25) is 5.88 Å². The Labute approximate surface area is 145 Å². The number of ether oxygens (including phenoxy) is 2. The van der Waals surface area contributed by atoms with E-state index in [0.29, 0.717) is 5.88 Å². The van der Waals surface area contributed by atoms with Crippen molar-refractivity contribution in [2.45, 2.75) is 0 Å². The van der Waals surface area contributed by atoms with Gasteiger partial charge in [0, 0.05) is 46.2 Å². The normalized spacial score (nSPS) is 10.8. The van der Waals surface area contributed by atoms with Crippen molar-refractivity contribution in [3.63, 3.8) is 0 Å². The number of hydrogen-bond donors (Lipinski definition) is 1. The lowest BCUT2D eigenvalue weighted by molar-refractivity contribution is 0.398. The van der Waals surface area contributed by atoms with E-state index in [-0.39, 0.29) is 0 Å². The summed E-state index contributed by atoms with van der Waals surface area (Å²) < 4.78 is 10.5. The van der Waals surface area contributed by atoms with Crippen LogP contribution >= 0.6 is 0 Å². The van der Waals surface area contributed by atoms with Crippen LogP contribution in [0.3, 0.4) is 0 Å². The molecule has 3 aromatic heterocycles. The average molecular weight is 331 g/mol. The number of nitrogens with zero attached hydrogens (tertiary/aromatic N) is 2. The molecular weight excluding hydrogens is 314 g/mol. The zero-order valence-electron chi connectivity index (χ0n) is 14.0. The Bertz CT molecular complexity index is 994. The van der Waals surface area contributed by atoms with Crippen LogP contribution in [0, 0.1) is 0 Å². The molecule has 0 aliphatic heterocycles. The summed E-state index contributed by atoms with van der Waals surface area (Å²) in [6.07, 6.45) is 5.28. The lowest BCUT2D eigenvalue weighted by atomic mass is 10.1. The van der Waals surface area contributed by atoms with E-state index in [4.69, 9.17) is 9.47 Å². The molecule has 0 spiro atoms. The third kappa shape index (κ3) is 2.92. The van der Waals surface area contributed by atoms with Gasteiger partial charge in [-0.3, -0.25) is 4.98 Å². The average Bonchev–Trinajstić information content (AvgIpc) is 3.11. The number of H-pyrrole nitrogens is 1. The van der Waals surface area contributed by atoms with E-state index in [1.807, 2.05) is 24.4 Å². The van der Waals surface area contributed by atoms with Gasteiger partial charge in [-0.2, -0.15) is 0 Å². The summed E-state index contributed by atoms with van der Waals surface area (Å²) in [5.74, 6) is 1.34. The summed E-state index contributed by atoms with van der Waals surface area (Å²) in [5, 5.41) is 1.13. The fourth-order valence-corrected chi connectivity index (χ4v) is 2.84. The largest absolute Gasteiger partial charge is 0.495 e. The highest BCUT2D eigenvalue weighted by atomic mass is 16.5. The van der Waals surface area contributed by atoms with Crippen LogP contribution in [0.5, 0.6) is 11.6 Å². The van der Waals surface area contributed by atoms with E-state index in [1.165, 1.54) is 0 Å². The molecule has 4 rings (SSSR count). The molecule has 0 fully saturated rings. The third-order valence-electron chi connectivity index (χ3n) is 4.16. The molecule has 4 aromatic rings. The van der Waals surface area contributed by atoms with Gasteiger partial charge >= 0.3 is 0 Å². The molecule has 0 aliphatic carbocycles. The summed E-state index contributed by atoms with van der Waals surface area (Å²) >= 11 is 0. The lowest BCUT2D eigenvalue weighted by Crippen LogP contribution is -1.87. The number of pyridine rings is 2. The van der Waals surface area contributed by atoms with E-state index < -0.39 is 0 Å². The second-order valence-electron chi connectivity index (χ2n) is 5.69. The summed E-state index contributed by atoms with van der Waals surface area (Å²) in [5.41, 5.74) is 5.25. The van der Waals surface area contributed by atoms with E-state index in [9.17, 15) is 0 Å². The predicted molar refractivity (Wildman–Crippen MR) is 97.9 cm³/mol. The molecule has 0 saturated carbocycles. The van der Waals surface area contributed by atoms with Crippen molar-refractivity contribution in [2.24, 2.45) is 0 Å². The van der Waals surface area contributed by atoms with Crippen molar-refractivity contribution in [2.75, 3.05) is 14.2 Å². The smallest absolute Gasteiger partial charge is 0.213 e. The fraction of sp³-hybridized carbons (Fsp3) is 0.100. The molecule has 124 valence electrons. The second-order valence-corrected chi connectivity index (χ2v) is 5.69. The van der Waals surface area contributed by atoms with E-state index in [1.54, 1.807) is 26.6 Å². The summed E-state index contributed by atoms with van der Waals surface area (Å²) in [4.78, 5) is 11.8.